The summed E-state index contributed by atoms with van der Waals surface area (Å²) in [6.07, 6.45) is 4.50. The van der Waals surface area contributed by atoms with Crippen LogP contribution in [0.3, 0.4) is 0 Å². The van der Waals surface area contributed by atoms with E-state index in [1.54, 1.807) is 0 Å². The van der Waals surface area contributed by atoms with Gasteiger partial charge < -0.3 is 15.1 Å². The lowest BCUT2D eigenvalue weighted by Crippen LogP contribution is -2.31. The summed E-state index contributed by atoms with van der Waals surface area (Å²) in [5, 5.41) is 7.57. The molecule has 0 spiro atoms. The number of nitrogens with zero attached hydrogens (tertiary/aromatic N) is 3. The molecule has 1 atom stereocenters. The van der Waals surface area contributed by atoms with E-state index in [-0.39, 0.29) is 6.01 Å². The Morgan fingerprint density at radius 3 is 3.14 bits per heavy atom. The van der Waals surface area contributed by atoms with E-state index in [1.807, 2.05) is 11.8 Å². The van der Waals surface area contributed by atoms with Crippen molar-refractivity contribution >= 4 is 23.8 Å². The van der Waals surface area contributed by atoms with Crippen molar-refractivity contribution in [3.8, 4) is 0 Å². The van der Waals surface area contributed by atoms with Crippen LogP contribution in [0.2, 0.25) is 0 Å². The van der Waals surface area contributed by atoms with Crippen LogP contribution in [-0.2, 0) is 0 Å². The molecule has 1 saturated heterocycles. The number of hydrogen-bond donors (Lipinski definition) is 1. The van der Waals surface area contributed by atoms with E-state index in [9.17, 15) is 0 Å². The van der Waals surface area contributed by atoms with Crippen molar-refractivity contribution in [3.63, 3.8) is 0 Å². The summed E-state index contributed by atoms with van der Waals surface area (Å²) in [4.78, 5) is 2.15. The second kappa shape index (κ2) is 4.08. The highest BCUT2D eigenvalue weighted by Crippen LogP contribution is 2.26. The van der Waals surface area contributed by atoms with Gasteiger partial charge in [-0.3, -0.25) is 0 Å². The van der Waals surface area contributed by atoms with Gasteiger partial charge in [-0.2, -0.15) is 11.8 Å². The monoisotopic (exact) mass is 214 g/mol. The number of nitrogen functional groups attached to an aromatic ring is 1. The first-order valence-corrected chi connectivity index (χ1v) is 6.05. The Hall–Kier alpha value is -0.910. The Morgan fingerprint density at radius 2 is 2.50 bits per heavy atom. The molecule has 2 heterocycles. The molecule has 1 aliphatic rings. The molecule has 14 heavy (non-hydrogen) atoms. The van der Waals surface area contributed by atoms with Gasteiger partial charge in [0.15, 0.2) is 0 Å². The van der Waals surface area contributed by atoms with Gasteiger partial charge in [-0.1, -0.05) is 10.2 Å². The predicted octanol–water partition coefficient (Wildman–Crippen LogP) is 0.984. The Balaban J connectivity index is 2.09. The summed E-state index contributed by atoms with van der Waals surface area (Å²) in [5.41, 5.74) is 5.39. The number of thioether (sulfide) groups is 1. The number of rotatable bonds is 3. The highest BCUT2D eigenvalue weighted by molar-refractivity contribution is 7.98. The van der Waals surface area contributed by atoms with Gasteiger partial charge in [-0.15, -0.1) is 0 Å². The van der Waals surface area contributed by atoms with Crippen molar-refractivity contribution in [2.24, 2.45) is 0 Å². The van der Waals surface area contributed by atoms with E-state index in [0.717, 1.165) is 12.3 Å². The fourth-order valence-corrected chi connectivity index (χ4v) is 2.53. The summed E-state index contributed by atoms with van der Waals surface area (Å²) in [5.74, 6) is 1.10. The molecule has 1 aromatic heterocycles. The molecule has 0 saturated carbocycles. The lowest BCUT2D eigenvalue weighted by atomic mass is 10.2. The largest absolute Gasteiger partial charge is 0.390 e. The van der Waals surface area contributed by atoms with Crippen molar-refractivity contribution in [1.29, 1.82) is 0 Å². The minimum absolute atomic E-state index is 0.148. The normalized spacial score (nSPS) is 21.8. The van der Waals surface area contributed by atoms with Crippen molar-refractivity contribution in [2.75, 3.05) is 29.2 Å². The first-order chi connectivity index (χ1) is 6.81. The average Bonchev–Trinajstić information content (AvgIpc) is 2.74. The summed E-state index contributed by atoms with van der Waals surface area (Å²) < 4.78 is 5.22. The zero-order chi connectivity index (χ0) is 9.97. The zero-order valence-corrected chi connectivity index (χ0v) is 8.96. The predicted molar refractivity (Wildman–Crippen MR) is 57.5 cm³/mol. The van der Waals surface area contributed by atoms with E-state index < -0.39 is 0 Å². The molecule has 2 N–H and O–H groups in total. The van der Waals surface area contributed by atoms with Crippen LogP contribution in [0.15, 0.2) is 4.42 Å². The lowest BCUT2D eigenvalue weighted by Gasteiger charge is -2.21. The molecule has 1 fully saturated rings. The number of aromatic nitrogens is 2. The van der Waals surface area contributed by atoms with Gasteiger partial charge in [0.25, 0.3) is 0 Å². The second-order valence-corrected chi connectivity index (χ2v) is 4.28. The van der Waals surface area contributed by atoms with Gasteiger partial charge in [0, 0.05) is 18.3 Å². The maximum absolute atomic E-state index is 5.39. The lowest BCUT2D eigenvalue weighted by molar-refractivity contribution is 0.544. The van der Waals surface area contributed by atoms with Gasteiger partial charge >= 0.3 is 12.0 Å². The molecule has 1 aliphatic heterocycles. The summed E-state index contributed by atoms with van der Waals surface area (Å²) in [6, 6.07) is 1.23. The molecule has 6 heteroatoms. The molecule has 2 rings (SSSR count). The topological polar surface area (TPSA) is 68.2 Å². The first kappa shape index (κ1) is 9.64. The van der Waals surface area contributed by atoms with Gasteiger partial charge in [0.1, 0.15) is 0 Å². The van der Waals surface area contributed by atoms with Crippen molar-refractivity contribution in [2.45, 2.75) is 18.9 Å². The van der Waals surface area contributed by atoms with E-state index in [4.69, 9.17) is 10.2 Å². The van der Waals surface area contributed by atoms with Gasteiger partial charge in [0.2, 0.25) is 0 Å². The standard InChI is InChI=1S/C8H14N4OS/c1-14-5-6-3-2-4-12(6)8-11-10-7(9)13-8/h6H,2-5H2,1H3,(H2,9,10). The molecule has 78 valence electrons. The molecule has 1 unspecified atom stereocenters. The average molecular weight is 214 g/mol. The van der Waals surface area contributed by atoms with Crippen LogP contribution in [0, 0.1) is 0 Å². The molecule has 0 amide bonds. The molecular formula is C8H14N4OS. The summed E-state index contributed by atoms with van der Waals surface area (Å²) >= 11 is 1.84. The van der Waals surface area contributed by atoms with E-state index in [2.05, 4.69) is 21.4 Å². The van der Waals surface area contributed by atoms with Crippen molar-refractivity contribution in [3.05, 3.63) is 0 Å². The van der Waals surface area contributed by atoms with E-state index >= 15 is 0 Å². The fourth-order valence-electron chi connectivity index (χ4n) is 1.80. The molecule has 0 aromatic carbocycles. The quantitative estimate of drug-likeness (QED) is 0.809. The first-order valence-electron chi connectivity index (χ1n) is 4.66. The molecule has 5 nitrogen and oxygen atoms in total. The van der Waals surface area contributed by atoms with E-state index in [0.29, 0.717) is 12.1 Å². The smallest absolute Gasteiger partial charge is 0.319 e. The summed E-state index contributed by atoms with van der Waals surface area (Å²) in [7, 11) is 0. The van der Waals surface area contributed by atoms with Crippen LogP contribution in [0.25, 0.3) is 0 Å². The molecule has 1 aromatic rings. The van der Waals surface area contributed by atoms with Crippen LogP contribution in [0.5, 0.6) is 0 Å². The Morgan fingerprint density at radius 1 is 1.64 bits per heavy atom. The minimum atomic E-state index is 0.148. The van der Waals surface area contributed by atoms with Crippen LogP contribution in [0.1, 0.15) is 12.8 Å². The zero-order valence-electron chi connectivity index (χ0n) is 8.14. The molecule has 0 aliphatic carbocycles. The van der Waals surface area contributed by atoms with Crippen LogP contribution >= 0.6 is 11.8 Å². The minimum Gasteiger partial charge on any atom is -0.390 e. The third-order valence-electron chi connectivity index (χ3n) is 2.41. The molecule has 0 bridgehead atoms. The van der Waals surface area contributed by atoms with Gasteiger partial charge in [-0.25, -0.2) is 0 Å². The second-order valence-electron chi connectivity index (χ2n) is 3.37. The SMILES string of the molecule is CSCC1CCCN1c1nnc(N)o1. The van der Waals surface area contributed by atoms with Crippen molar-refractivity contribution in [1.82, 2.24) is 10.2 Å². The Labute approximate surface area is 87.0 Å². The van der Waals surface area contributed by atoms with Crippen LogP contribution < -0.4 is 10.6 Å². The van der Waals surface area contributed by atoms with Crippen molar-refractivity contribution < 1.29 is 4.42 Å². The maximum Gasteiger partial charge on any atom is 0.319 e. The number of hydrogen-bond acceptors (Lipinski definition) is 6. The number of nitrogens with two attached hydrogens (primary N) is 1. The highest BCUT2D eigenvalue weighted by Gasteiger charge is 2.27. The van der Waals surface area contributed by atoms with E-state index in [1.165, 1.54) is 12.8 Å². The number of anilines is 2. The Kier molecular flexibility index (Phi) is 2.81. The molecule has 0 radical (unpaired) electrons. The molecular weight excluding hydrogens is 200 g/mol. The fraction of sp³-hybridized carbons (Fsp3) is 0.750. The Bertz CT molecular complexity index is 303. The van der Waals surface area contributed by atoms with Crippen LogP contribution in [-0.4, -0.2) is 34.8 Å². The maximum atomic E-state index is 5.39. The third kappa shape index (κ3) is 1.79. The summed E-state index contributed by atoms with van der Waals surface area (Å²) in [6.45, 7) is 0.993. The third-order valence-corrected chi connectivity index (χ3v) is 3.13. The van der Waals surface area contributed by atoms with Gasteiger partial charge in [0.05, 0.1) is 0 Å². The highest BCUT2D eigenvalue weighted by atomic mass is 32.2. The van der Waals surface area contributed by atoms with Gasteiger partial charge in [-0.05, 0) is 19.1 Å². The van der Waals surface area contributed by atoms with Crippen LogP contribution in [0.4, 0.5) is 12.0 Å².